The second-order valence-corrected chi connectivity index (χ2v) is 3.74. The van der Waals surface area contributed by atoms with Gasteiger partial charge in [0.1, 0.15) is 0 Å². The van der Waals surface area contributed by atoms with Crippen LogP contribution in [0.1, 0.15) is 13.8 Å². The van der Waals surface area contributed by atoms with Crippen LogP contribution in [0.2, 0.25) is 0 Å². The minimum absolute atomic E-state index is 0.407. The van der Waals surface area contributed by atoms with Crippen molar-refractivity contribution in [1.29, 1.82) is 0 Å². The summed E-state index contributed by atoms with van der Waals surface area (Å²) in [5, 5.41) is 0. The molecule has 1 atom stereocenters. The highest BCUT2D eigenvalue weighted by atomic mass is 16.5. The lowest BCUT2D eigenvalue weighted by molar-refractivity contribution is 0.00191. The summed E-state index contributed by atoms with van der Waals surface area (Å²) in [4.78, 5) is 2.39. The van der Waals surface area contributed by atoms with Gasteiger partial charge in [0.05, 0.1) is 13.2 Å². The van der Waals surface area contributed by atoms with Crippen molar-refractivity contribution in [2.75, 3.05) is 32.8 Å². The summed E-state index contributed by atoms with van der Waals surface area (Å²) in [5.41, 5.74) is 7.02. The number of hydrogen-bond acceptors (Lipinski definition) is 3. The summed E-state index contributed by atoms with van der Waals surface area (Å²) in [6, 6.07) is 0.407. The van der Waals surface area contributed by atoms with E-state index >= 15 is 0 Å². The highest BCUT2D eigenvalue weighted by Crippen LogP contribution is 2.06. The Bertz CT molecular complexity index is 176. The molecular weight excluding hydrogens is 164 g/mol. The standard InChI is InChI=1S/C10H20N2O/c1-9(2)3-4-12-5-6-13-8-10(12)7-11/h3,10H,4-8,11H2,1-2H3. The Labute approximate surface area is 80.5 Å². The van der Waals surface area contributed by atoms with Gasteiger partial charge in [-0.25, -0.2) is 0 Å². The Morgan fingerprint density at radius 3 is 3.00 bits per heavy atom. The first-order valence-corrected chi connectivity index (χ1v) is 4.89. The van der Waals surface area contributed by atoms with Crippen molar-refractivity contribution in [3.8, 4) is 0 Å². The Hall–Kier alpha value is -0.380. The first kappa shape index (κ1) is 10.7. The van der Waals surface area contributed by atoms with E-state index in [0.29, 0.717) is 12.6 Å². The lowest BCUT2D eigenvalue weighted by Crippen LogP contribution is -2.49. The molecule has 0 bridgehead atoms. The molecule has 1 aliphatic heterocycles. The summed E-state index contributed by atoms with van der Waals surface area (Å²) < 4.78 is 5.37. The van der Waals surface area contributed by atoms with E-state index in [1.54, 1.807) is 0 Å². The van der Waals surface area contributed by atoms with E-state index in [-0.39, 0.29) is 0 Å². The molecule has 0 saturated carbocycles. The quantitative estimate of drug-likeness (QED) is 0.653. The molecule has 1 aliphatic rings. The number of hydrogen-bond donors (Lipinski definition) is 1. The summed E-state index contributed by atoms with van der Waals surface area (Å²) in [5.74, 6) is 0. The van der Waals surface area contributed by atoms with Gasteiger partial charge >= 0.3 is 0 Å². The Morgan fingerprint density at radius 2 is 2.38 bits per heavy atom. The molecule has 1 fully saturated rings. The van der Waals surface area contributed by atoms with E-state index in [2.05, 4.69) is 24.8 Å². The van der Waals surface area contributed by atoms with Gasteiger partial charge in [-0.1, -0.05) is 11.6 Å². The highest BCUT2D eigenvalue weighted by molar-refractivity contribution is 4.96. The zero-order valence-corrected chi connectivity index (χ0v) is 8.62. The first-order valence-electron chi connectivity index (χ1n) is 4.89. The van der Waals surface area contributed by atoms with Crippen LogP contribution in [0.25, 0.3) is 0 Å². The lowest BCUT2D eigenvalue weighted by Gasteiger charge is -2.34. The lowest BCUT2D eigenvalue weighted by atomic mass is 10.2. The van der Waals surface area contributed by atoms with Gasteiger partial charge in [-0.2, -0.15) is 0 Å². The van der Waals surface area contributed by atoms with Gasteiger partial charge in [-0.3, -0.25) is 4.90 Å². The number of ether oxygens (including phenoxy) is 1. The van der Waals surface area contributed by atoms with Gasteiger partial charge in [-0.15, -0.1) is 0 Å². The van der Waals surface area contributed by atoms with Crippen LogP contribution in [0.3, 0.4) is 0 Å². The molecule has 13 heavy (non-hydrogen) atoms. The summed E-state index contributed by atoms with van der Waals surface area (Å²) in [6.07, 6.45) is 2.24. The number of allylic oxidation sites excluding steroid dienone is 1. The topological polar surface area (TPSA) is 38.5 Å². The van der Waals surface area contributed by atoms with E-state index in [1.165, 1.54) is 5.57 Å². The van der Waals surface area contributed by atoms with Gasteiger partial charge in [0.2, 0.25) is 0 Å². The van der Waals surface area contributed by atoms with Crippen molar-refractivity contribution in [1.82, 2.24) is 4.90 Å². The normalized spacial score (nSPS) is 24.4. The van der Waals surface area contributed by atoms with Gasteiger partial charge < -0.3 is 10.5 Å². The van der Waals surface area contributed by atoms with E-state index in [4.69, 9.17) is 10.5 Å². The molecule has 1 rings (SSSR count). The van der Waals surface area contributed by atoms with E-state index in [0.717, 1.165) is 26.3 Å². The van der Waals surface area contributed by atoms with Crippen molar-refractivity contribution in [2.45, 2.75) is 19.9 Å². The maximum absolute atomic E-state index is 5.66. The van der Waals surface area contributed by atoms with Gasteiger partial charge in [0.25, 0.3) is 0 Å². The summed E-state index contributed by atoms with van der Waals surface area (Å²) in [7, 11) is 0. The average Bonchev–Trinajstić information content (AvgIpc) is 2.15. The van der Waals surface area contributed by atoms with Crippen molar-refractivity contribution >= 4 is 0 Å². The molecular formula is C10H20N2O. The molecule has 0 aliphatic carbocycles. The summed E-state index contributed by atoms with van der Waals surface area (Å²) in [6.45, 7) is 8.58. The van der Waals surface area contributed by atoms with Crippen LogP contribution >= 0.6 is 0 Å². The second kappa shape index (κ2) is 5.37. The van der Waals surface area contributed by atoms with Crippen LogP contribution < -0.4 is 5.73 Å². The van der Waals surface area contributed by atoms with Crippen molar-refractivity contribution in [3.63, 3.8) is 0 Å². The van der Waals surface area contributed by atoms with Crippen molar-refractivity contribution in [2.24, 2.45) is 5.73 Å². The molecule has 0 radical (unpaired) electrons. The van der Waals surface area contributed by atoms with Gasteiger partial charge in [0, 0.05) is 25.7 Å². The van der Waals surface area contributed by atoms with Crippen molar-refractivity contribution in [3.05, 3.63) is 11.6 Å². The predicted octanol–water partition coefficient (Wildman–Crippen LogP) is 0.612. The Morgan fingerprint density at radius 1 is 1.62 bits per heavy atom. The molecule has 0 spiro atoms. The number of rotatable bonds is 3. The van der Waals surface area contributed by atoms with Crippen LogP contribution in [0.15, 0.2) is 11.6 Å². The zero-order valence-electron chi connectivity index (χ0n) is 8.62. The number of nitrogens with zero attached hydrogens (tertiary/aromatic N) is 1. The zero-order chi connectivity index (χ0) is 9.68. The number of nitrogens with two attached hydrogens (primary N) is 1. The third-order valence-corrected chi connectivity index (χ3v) is 2.36. The van der Waals surface area contributed by atoms with Gasteiger partial charge in [0.15, 0.2) is 0 Å². The van der Waals surface area contributed by atoms with Crippen molar-refractivity contribution < 1.29 is 4.74 Å². The molecule has 76 valence electrons. The molecule has 3 heteroatoms. The third-order valence-electron chi connectivity index (χ3n) is 2.36. The minimum atomic E-state index is 0.407. The molecule has 0 aromatic carbocycles. The fourth-order valence-electron chi connectivity index (χ4n) is 1.45. The summed E-state index contributed by atoms with van der Waals surface area (Å²) >= 11 is 0. The smallest absolute Gasteiger partial charge is 0.0634 e. The Balaban J connectivity index is 2.40. The fraction of sp³-hybridized carbons (Fsp3) is 0.800. The second-order valence-electron chi connectivity index (χ2n) is 3.74. The van der Waals surface area contributed by atoms with E-state index < -0.39 is 0 Å². The minimum Gasteiger partial charge on any atom is -0.378 e. The molecule has 0 amide bonds. The SMILES string of the molecule is CC(C)=CCN1CCOCC1CN. The molecule has 1 unspecified atom stereocenters. The monoisotopic (exact) mass is 184 g/mol. The van der Waals surface area contributed by atoms with Crippen LogP contribution in [0, 0.1) is 0 Å². The predicted molar refractivity (Wildman–Crippen MR) is 54.7 cm³/mol. The average molecular weight is 184 g/mol. The number of morpholine rings is 1. The molecule has 2 N–H and O–H groups in total. The third kappa shape index (κ3) is 3.46. The Kier molecular flexibility index (Phi) is 4.42. The molecule has 0 aromatic heterocycles. The van der Waals surface area contributed by atoms with Crippen LogP contribution in [0.4, 0.5) is 0 Å². The first-order chi connectivity index (χ1) is 6.24. The van der Waals surface area contributed by atoms with Crippen LogP contribution in [0.5, 0.6) is 0 Å². The van der Waals surface area contributed by atoms with E-state index in [9.17, 15) is 0 Å². The molecule has 1 heterocycles. The molecule has 1 saturated heterocycles. The maximum atomic E-state index is 5.66. The van der Waals surface area contributed by atoms with Crippen LogP contribution in [-0.4, -0.2) is 43.8 Å². The fourth-order valence-corrected chi connectivity index (χ4v) is 1.45. The van der Waals surface area contributed by atoms with Crippen LogP contribution in [-0.2, 0) is 4.74 Å². The van der Waals surface area contributed by atoms with E-state index in [1.807, 2.05) is 0 Å². The highest BCUT2D eigenvalue weighted by Gasteiger charge is 2.19. The van der Waals surface area contributed by atoms with Gasteiger partial charge in [-0.05, 0) is 13.8 Å². The molecule has 0 aromatic rings. The molecule has 3 nitrogen and oxygen atoms in total. The maximum Gasteiger partial charge on any atom is 0.0634 e. The largest absolute Gasteiger partial charge is 0.378 e.